The molecule has 1 N–H and O–H groups in total. The minimum Gasteiger partial charge on any atom is -0.0312 e. The maximum Gasteiger partial charge on any atom is 2.00 e. The molecule has 0 unspecified atom stereocenters. The van der Waals surface area contributed by atoms with Crippen LogP contribution in [0.25, 0.3) is 0 Å². The quantitative estimate of drug-likeness (QED) is 0.165. The maximum absolute atomic E-state index is 11.8. The largest absolute Gasteiger partial charge is 2.00 e. The molecule has 0 saturated heterocycles. The van der Waals surface area contributed by atoms with Crippen molar-refractivity contribution in [2.45, 2.75) is 38.8 Å². The number of esters is 1. The van der Waals surface area contributed by atoms with Gasteiger partial charge in [-0.2, -0.15) is 0 Å². The van der Waals surface area contributed by atoms with E-state index >= 15 is 0 Å². The van der Waals surface area contributed by atoms with Crippen LogP contribution >= 0.6 is 19.4 Å². The molecule has 5 radical (unpaired) electrons. The van der Waals surface area contributed by atoms with Crippen LogP contribution in [0.2, 0.25) is 5.02 Å². The molecule has 1 saturated carbocycles. The van der Waals surface area contributed by atoms with E-state index in [1.807, 2.05) is 32.1 Å². The molecular formula is C20H25ClF6NO4PRu+. The van der Waals surface area contributed by atoms with Crippen LogP contribution in [0.15, 0.2) is 24.3 Å². The maximum atomic E-state index is 11.8. The molecule has 0 aliphatic heterocycles. The number of carbonyl (C=O) groups is 2. The number of benzene rings is 1. The van der Waals surface area contributed by atoms with Gasteiger partial charge in [-0.05, 0) is 70.6 Å². The summed E-state index contributed by atoms with van der Waals surface area (Å²) < 4.78 is 69.0. The van der Waals surface area contributed by atoms with Gasteiger partial charge in [0.15, 0.2) is 0 Å². The van der Waals surface area contributed by atoms with E-state index in [1.165, 1.54) is 7.11 Å². The second-order valence-electron chi connectivity index (χ2n) is 7.47. The van der Waals surface area contributed by atoms with E-state index in [0.29, 0.717) is 11.4 Å². The number of hydrogen-bond acceptors (Lipinski definition) is 4. The standard InChI is InChI=1S/C15H20ClNO4.C5H5.F6P.Ru/c1-15(2,3)21-14(19)17-12(13(18)20-4)9-10-5-7-11(16)8-6-10;1-2-4-5-3-1;1-7(2,3,4,5)6;/h5-8,12H,9H2,1-4H3,(H,17,19);1-5H;;/q;;-1;+2/t12-;;;/m0.../s1. The van der Waals surface area contributed by atoms with Crippen molar-refractivity contribution in [1.82, 2.24) is 5.32 Å². The van der Waals surface area contributed by atoms with Crippen molar-refractivity contribution in [3.63, 3.8) is 0 Å². The molecule has 34 heavy (non-hydrogen) atoms. The predicted molar refractivity (Wildman–Crippen MR) is 115 cm³/mol. The van der Waals surface area contributed by atoms with Crippen LogP contribution in [0.4, 0.5) is 30.0 Å². The zero-order chi connectivity index (χ0) is 26.0. The van der Waals surface area contributed by atoms with Crippen molar-refractivity contribution in [3.05, 3.63) is 67.0 Å². The van der Waals surface area contributed by atoms with Crippen LogP contribution in [0, 0.1) is 32.1 Å². The summed E-state index contributed by atoms with van der Waals surface area (Å²) in [5.74, 6) is -0.532. The van der Waals surface area contributed by atoms with E-state index in [4.69, 9.17) is 21.1 Å². The van der Waals surface area contributed by atoms with E-state index in [9.17, 15) is 34.8 Å². The van der Waals surface area contributed by atoms with Gasteiger partial charge < -0.3 is 14.8 Å². The Morgan fingerprint density at radius 2 is 1.32 bits per heavy atom. The Kier molecular flexibility index (Phi) is 13.7. The number of halogens is 7. The third-order valence-corrected chi connectivity index (χ3v) is 3.34. The Morgan fingerprint density at radius 3 is 1.65 bits per heavy atom. The van der Waals surface area contributed by atoms with E-state index < -0.39 is 31.5 Å². The monoisotopic (exact) mass is 625 g/mol. The summed E-state index contributed by atoms with van der Waals surface area (Å²) in [7, 11) is -9.39. The van der Waals surface area contributed by atoms with E-state index in [0.717, 1.165) is 5.56 Å². The normalized spacial score (nSPS) is 16.0. The van der Waals surface area contributed by atoms with Crippen LogP contribution in [0.3, 0.4) is 0 Å². The Labute approximate surface area is 213 Å². The van der Waals surface area contributed by atoms with Gasteiger partial charge in [0.25, 0.3) is 0 Å². The third kappa shape index (κ3) is 25.5. The molecule has 1 aliphatic carbocycles. The number of alkyl carbamates (subject to hydrolysis) is 1. The van der Waals surface area contributed by atoms with Gasteiger partial charge in [0, 0.05) is 11.4 Å². The molecule has 14 heteroatoms. The fourth-order valence-electron chi connectivity index (χ4n) is 1.96. The molecular weight excluding hydrogens is 600 g/mol. The van der Waals surface area contributed by atoms with Crippen molar-refractivity contribution in [2.75, 3.05) is 7.11 Å². The Balaban J connectivity index is 0. The average Bonchev–Trinajstić information content (AvgIpc) is 3.18. The molecule has 195 valence electrons. The first-order valence-corrected chi connectivity index (χ1v) is 11.6. The third-order valence-electron chi connectivity index (χ3n) is 3.09. The van der Waals surface area contributed by atoms with E-state index in [-0.39, 0.29) is 19.5 Å². The first-order valence-electron chi connectivity index (χ1n) is 9.21. The topological polar surface area (TPSA) is 64.6 Å². The summed E-state index contributed by atoms with van der Waals surface area (Å²) in [5, 5.41) is 3.12. The minimum atomic E-state index is -10.7. The van der Waals surface area contributed by atoms with Crippen molar-refractivity contribution in [1.29, 1.82) is 0 Å². The second-order valence-corrected chi connectivity index (χ2v) is 9.83. The van der Waals surface area contributed by atoms with Gasteiger partial charge in [0.1, 0.15) is 11.6 Å². The Bertz CT molecular complexity index is 751. The SMILES string of the molecule is COC(=O)[C@H](Cc1ccc(Cl)cc1)NC(=O)OC(C)(C)C.F[P-](F)(F)(F)(F)F.[CH]1[CH][CH][CH][CH]1.[Ru+2]. The molecule has 5 nitrogen and oxygen atoms in total. The summed E-state index contributed by atoms with van der Waals surface area (Å²) in [4.78, 5) is 23.5. The fourth-order valence-corrected chi connectivity index (χ4v) is 2.09. The molecule has 0 spiro atoms. The van der Waals surface area contributed by atoms with E-state index in [1.54, 1.807) is 45.0 Å². The molecule has 0 aromatic heterocycles. The molecule has 1 amide bonds. The van der Waals surface area contributed by atoms with Gasteiger partial charge in [-0.25, -0.2) is 9.59 Å². The van der Waals surface area contributed by atoms with Gasteiger partial charge >= 0.3 is 64.5 Å². The number of hydrogen-bond donors (Lipinski definition) is 1. The van der Waals surface area contributed by atoms with Crippen LogP contribution in [-0.4, -0.2) is 30.8 Å². The molecule has 1 aromatic carbocycles. The molecule has 0 bridgehead atoms. The van der Waals surface area contributed by atoms with Gasteiger partial charge in [-0.3, -0.25) is 0 Å². The van der Waals surface area contributed by atoms with Gasteiger partial charge in [-0.15, -0.1) is 0 Å². The van der Waals surface area contributed by atoms with Crippen LogP contribution in [0.5, 0.6) is 0 Å². The summed E-state index contributed by atoms with van der Waals surface area (Å²) >= 11 is 5.81. The zero-order valence-electron chi connectivity index (χ0n) is 18.6. The van der Waals surface area contributed by atoms with Gasteiger partial charge in [0.05, 0.1) is 7.11 Å². The summed E-state index contributed by atoms with van der Waals surface area (Å²) in [6, 6.07) is 6.20. The van der Waals surface area contributed by atoms with Gasteiger partial charge in [-0.1, -0.05) is 23.7 Å². The zero-order valence-corrected chi connectivity index (χ0v) is 21.9. The van der Waals surface area contributed by atoms with Crippen LogP contribution < -0.4 is 5.32 Å². The summed E-state index contributed by atoms with van der Waals surface area (Å²) in [6.07, 6.45) is 9.63. The first kappa shape index (κ1) is 35.0. The number of amides is 1. The minimum absolute atomic E-state index is 0. The molecule has 1 atom stereocenters. The number of nitrogens with one attached hydrogen (secondary N) is 1. The van der Waals surface area contributed by atoms with Crippen LogP contribution in [0.1, 0.15) is 26.3 Å². The molecule has 1 aliphatic rings. The summed E-state index contributed by atoms with van der Waals surface area (Å²) in [6.45, 7) is 5.25. The predicted octanol–water partition coefficient (Wildman–Crippen LogP) is 7.35. The van der Waals surface area contributed by atoms with Gasteiger partial charge in [0.2, 0.25) is 0 Å². The second kappa shape index (κ2) is 13.3. The first-order chi connectivity index (χ1) is 14.7. The number of ether oxygens (including phenoxy) is 2. The number of rotatable bonds is 4. The fraction of sp³-hybridized carbons (Fsp3) is 0.350. The van der Waals surface area contributed by atoms with E-state index in [2.05, 4.69) is 5.32 Å². The smallest absolute Gasteiger partial charge is 0.0312 e. The number of methoxy groups -OCH3 is 1. The molecule has 1 aromatic rings. The molecule has 1 fully saturated rings. The summed E-state index contributed by atoms with van der Waals surface area (Å²) in [5.41, 5.74) is 0.219. The Hall–Kier alpha value is -1.12. The van der Waals surface area contributed by atoms with Crippen LogP contribution in [-0.2, 0) is 40.2 Å². The van der Waals surface area contributed by atoms with Crippen molar-refractivity contribution in [2.24, 2.45) is 0 Å². The van der Waals surface area contributed by atoms with Crippen molar-refractivity contribution < 1.29 is 63.7 Å². The molecule has 0 heterocycles. The average molecular weight is 625 g/mol. The number of carbonyl (C=O) groups excluding carboxylic acids is 2. The van der Waals surface area contributed by atoms with Crippen molar-refractivity contribution in [3.8, 4) is 0 Å². The molecule has 2 rings (SSSR count). The Morgan fingerprint density at radius 1 is 0.941 bits per heavy atom. The van der Waals surface area contributed by atoms with Crippen molar-refractivity contribution >= 4 is 31.5 Å².